The average Bonchev–Trinajstić information content (AvgIpc) is 2.33. The summed E-state index contributed by atoms with van der Waals surface area (Å²) in [7, 11) is 0. The van der Waals surface area contributed by atoms with Gasteiger partial charge in [-0.3, -0.25) is 0 Å². The maximum atomic E-state index is 5.99. The second kappa shape index (κ2) is 5.52. The van der Waals surface area contributed by atoms with E-state index in [1.165, 1.54) is 0 Å². The van der Waals surface area contributed by atoms with Crippen LogP contribution in [0.2, 0.25) is 10.0 Å². The van der Waals surface area contributed by atoms with E-state index in [0.717, 1.165) is 0 Å². The summed E-state index contributed by atoms with van der Waals surface area (Å²) in [5.74, 6) is 0.832. The fourth-order valence-electron chi connectivity index (χ4n) is 1.29. The molecule has 0 fully saturated rings. The molecule has 2 aromatic rings. The molecule has 0 aliphatic carbocycles. The highest BCUT2D eigenvalue weighted by Crippen LogP contribution is 2.30. The summed E-state index contributed by atoms with van der Waals surface area (Å²) in [6, 6.07) is 8.29. The molecule has 0 atom stereocenters. The Kier molecular flexibility index (Phi) is 4.01. The predicted molar refractivity (Wildman–Crippen MR) is 76.7 cm³/mol. The molecular weight excluding hydrogens is 291 g/mol. The Hall–Kier alpha value is -1.36. The number of halogens is 2. The fraction of sp³-hybridized carbons (Fsp3) is 0. The van der Waals surface area contributed by atoms with Crippen molar-refractivity contribution in [2.24, 2.45) is 5.73 Å². The molecule has 1 aromatic carbocycles. The average molecular weight is 299 g/mol. The lowest BCUT2D eigenvalue weighted by molar-refractivity contribution is 0.463. The molecule has 1 aromatic heterocycles. The summed E-state index contributed by atoms with van der Waals surface area (Å²) in [6.07, 6.45) is 1.56. The van der Waals surface area contributed by atoms with Crippen LogP contribution in [0.3, 0.4) is 0 Å². The zero-order valence-corrected chi connectivity index (χ0v) is 11.4. The van der Waals surface area contributed by atoms with Crippen molar-refractivity contribution in [2.45, 2.75) is 0 Å². The minimum absolute atomic E-state index is 0.282. The SMILES string of the molecule is NC(=S)c1ccnc(Oc2ccc(Cl)cc2Cl)c1. The van der Waals surface area contributed by atoms with E-state index >= 15 is 0 Å². The van der Waals surface area contributed by atoms with Crippen LogP contribution < -0.4 is 10.5 Å². The highest BCUT2D eigenvalue weighted by Gasteiger charge is 2.06. The highest BCUT2D eigenvalue weighted by molar-refractivity contribution is 7.80. The van der Waals surface area contributed by atoms with Crippen LogP contribution in [0, 0.1) is 0 Å². The second-order valence-electron chi connectivity index (χ2n) is 3.42. The summed E-state index contributed by atoms with van der Waals surface area (Å²) >= 11 is 16.7. The quantitative estimate of drug-likeness (QED) is 0.875. The van der Waals surface area contributed by atoms with Crippen LogP contribution in [0.1, 0.15) is 5.56 Å². The predicted octanol–water partition coefficient (Wildman–Crippen LogP) is 3.81. The van der Waals surface area contributed by atoms with Gasteiger partial charge in [0, 0.05) is 22.8 Å². The van der Waals surface area contributed by atoms with Gasteiger partial charge in [-0.1, -0.05) is 35.4 Å². The number of benzene rings is 1. The van der Waals surface area contributed by atoms with Crippen molar-refractivity contribution in [3.05, 3.63) is 52.1 Å². The lowest BCUT2D eigenvalue weighted by Gasteiger charge is -2.07. The molecule has 92 valence electrons. The molecule has 2 rings (SSSR count). The number of aromatic nitrogens is 1. The number of rotatable bonds is 3. The first-order valence-electron chi connectivity index (χ1n) is 4.95. The Balaban J connectivity index is 2.28. The molecule has 0 spiro atoms. The van der Waals surface area contributed by atoms with Gasteiger partial charge in [-0.15, -0.1) is 0 Å². The van der Waals surface area contributed by atoms with Gasteiger partial charge in [0.1, 0.15) is 10.7 Å². The normalized spacial score (nSPS) is 10.1. The molecule has 2 N–H and O–H groups in total. The number of nitrogens with zero attached hydrogens (tertiary/aromatic N) is 1. The summed E-state index contributed by atoms with van der Waals surface area (Å²) in [5.41, 5.74) is 6.21. The van der Waals surface area contributed by atoms with Crippen molar-refractivity contribution in [1.29, 1.82) is 0 Å². The highest BCUT2D eigenvalue weighted by atomic mass is 35.5. The van der Waals surface area contributed by atoms with Crippen LogP contribution >= 0.6 is 35.4 Å². The van der Waals surface area contributed by atoms with Crippen LogP contribution in [0.4, 0.5) is 0 Å². The molecule has 0 amide bonds. The van der Waals surface area contributed by atoms with E-state index in [4.69, 9.17) is 45.9 Å². The summed E-state index contributed by atoms with van der Waals surface area (Å²) in [4.78, 5) is 4.33. The van der Waals surface area contributed by atoms with E-state index in [-0.39, 0.29) is 4.99 Å². The molecule has 3 nitrogen and oxygen atoms in total. The molecule has 0 radical (unpaired) electrons. The number of thiocarbonyl (C=S) groups is 1. The minimum atomic E-state index is 0.282. The van der Waals surface area contributed by atoms with Crippen molar-refractivity contribution in [2.75, 3.05) is 0 Å². The zero-order chi connectivity index (χ0) is 13.1. The van der Waals surface area contributed by atoms with Gasteiger partial charge in [0.15, 0.2) is 0 Å². The van der Waals surface area contributed by atoms with Crippen LogP contribution in [0.15, 0.2) is 36.5 Å². The lowest BCUT2D eigenvalue weighted by atomic mass is 10.3. The van der Waals surface area contributed by atoms with Gasteiger partial charge in [0.05, 0.1) is 5.02 Å². The van der Waals surface area contributed by atoms with Gasteiger partial charge in [-0.2, -0.15) is 0 Å². The largest absolute Gasteiger partial charge is 0.437 e. The zero-order valence-electron chi connectivity index (χ0n) is 9.06. The van der Waals surface area contributed by atoms with Gasteiger partial charge in [-0.05, 0) is 24.3 Å². The molecule has 0 saturated heterocycles. The van der Waals surface area contributed by atoms with Gasteiger partial charge in [0.25, 0.3) is 0 Å². The molecule has 0 aliphatic rings. The van der Waals surface area contributed by atoms with Crippen molar-refractivity contribution in [1.82, 2.24) is 4.98 Å². The van der Waals surface area contributed by atoms with Gasteiger partial charge < -0.3 is 10.5 Å². The standard InChI is InChI=1S/C12H8Cl2N2OS/c13-8-1-2-10(9(14)6-8)17-11-5-7(12(15)18)3-4-16-11/h1-6H,(H2,15,18). The smallest absolute Gasteiger partial charge is 0.219 e. The van der Waals surface area contributed by atoms with Crippen molar-refractivity contribution in [3.8, 4) is 11.6 Å². The summed E-state index contributed by atoms with van der Waals surface area (Å²) in [6.45, 7) is 0. The molecule has 0 saturated carbocycles. The van der Waals surface area contributed by atoms with Crippen LogP contribution in [-0.2, 0) is 0 Å². The Morgan fingerprint density at radius 2 is 2.00 bits per heavy atom. The van der Waals surface area contributed by atoms with Crippen molar-refractivity contribution < 1.29 is 4.74 Å². The third-order valence-corrected chi connectivity index (χ3v) is 2.89. The van der Waals surface area contributed by atoms with Gasteiger partial charge >= 0.3 is 0 Å². The van der Waals surface area contributed by atoms with E-state index in [9.17, 15) is 0 Å². The van der Waals surface area contributed by atoms with Crippen LogP contribution in [0.5, 0.6) is 11.6 Å². The van der Waals surface area contributed by atoms with E-state index in [1.807, 2.05) is 0 Å². The Morgan fingerprint density at radius 1 is 1.22 bits per heavy atom. The fourth-order valence-corrected chi connectivity index (χ4v) is 1.86. The van der Waals surface area contributed by atoms with E-state index in [1.54, 1.807) is 36.5 Å². The number of hydrogen-bond acceptors (Lipinski definition) is 3. The maximum absolute atomic E-state index is 5.99. The molecule has 0 bridgehead atoms. The number of pyridine rings is 1. The molecule has 18 heavy (non-hydrogen) atoms. The third kappa shape index (κ3) is 3.10. The third-order valence-electron chi connectivity index (χ3n) is 2.13. The minimum Gasteiger partial charge on any atom is -0.437 e. The number of hydrogen-bond donors (Lipinski definition) is 1. The van der Waals surface area contributed by atoms with E-state index in [2.05, 4.69) is 4.98 Å². The summed E-state index contributed by atoms with van der Waals surface area (Å²) < 4.78 is 5.54. The molecule has 1 heterocycles. The number of nitrogens with two attached hydrogens (primary N) is 1. The molecule has 0 unspecified atom stereocenters. The molecule has 6 heteroatoms. The second-order valence-corrected chi connectivity index (χ2v) is 4.71. The van der Waals surface area contributed by atoms with E-state index in [0.29, 0.717) is 27.2 Å². The Morgan fingerprint density at radius 3 is 2.67 bits per heavy atom. The maximum Gasteiger partial charge on any atom is 0.219 e. The Bertz CT molecular complexity index is 604. The summed E-state index contributed by atoms with van der Waals surface area (Å²) in [5, 5.41) is 0.947. The lowest BCUT2D eigenvalue weighted by Crippen LogP contribution is -2.09. The first kappa shape index (κ1) is 13.1. The monoisotopic (exact) mass is 298 g/mol. The van der Waals surface area contributed by atoms with Gasteiger partial charge in [-0.25, -0.2) is 4.98 Å². The number of ether oxygens (including phenoxy) is 1. The molecule has 0 aliphatic heterocycles. The topological polar surface area (TPSA) is 48.1 Å². The van der Waals surface area contributed by atoms with Crippen molar-refractivity contribution >= 4 is 40.4 Å². The van der Waals surface area contributed by atoms with Crippen LogP contribution in [0.25, 0.3) is 0 Å². The van der Waals surface area contributed by atoms with Gasteiger partial charge in [0.2, 0.25) is 5.88 Å². The first-order chi connectivity index (χ1) is 8.56. The molecular formula is C12H8Cl2N2OS. The van der Waals surface area contributed by atoms with Crippen molar-refractivity contribution in [3.63, 3.8) is 0 Å². The Labute approximate surface area is 119 Å². The first-order valence-corrected chi connectivity index (χ1v) is 6.11. The van der Waals surface area contributed by atoms with E-state index < -0.39 is 0 Å². The van der Waals surface area contributed by atoms with Crippen LogP contribution in [-0.4, -0.2) is 9.97 Å².